The Labute approximate surface area is 392 Å². The fourth-order valence-electron chi connectivity index (χ4n) is 8.58. The Balaban J connectivity index is 1.27. The summed E-state index contributed by atoms with van der Waals surface area (Å²) in [6.07, 6.45) is 0. The first-order chi connectivity index (χ1) is 32.3. The predicted octanol–water partition coefficient (Wildman–Crippen LogP) is 11.8. The van der Waals surface area contributed by atoms with Crippen molar-refractivity contribution in [2.75, 3.05) is 26.6 Å². The van der Waals surface area contributed by atoms with Gasteiger partial charge in [0.1, 0.15) is 21.1 Å². The number of carbonyl (C=O) groups is 2. The number of hydrogen-bond donors (Lipinski definition) is 7. The Morgan fingerprint density at radius 3 is 1.74 bits per heavy atom. The van der Waals surface area contributed by atoms with Crippen molar-refractivity contribution in [3.05, 3.63) is 166 Å². The van der Waals surface area contributed by atoms with Gasteiger partial charge in [-0.3, -0.25) is 9.11 Å². The number of para-hydroxylation sites is 2. The molecule has 4 amide bonds. The van der Waals surface area contributed by atoms with Gasteiger partial charge in [0.05, 0.1) is 22.4 Å². The number of amides is 4. The molecular weight excluding hydrogens is 905 g/mol. The van der Waals surface area contributed by atoms with E-state index < -0.39 is 37.2 Å². The standard InChI is InChI=1S/C51H46N6O9S2/c1-28-25-29(2)46(56-50(58)54-34-15-9-7-10-16-34)30(3)45(28)52-36-21-23-38-41(26-36)66-42-27-37(22-24-39(42)44(38)40-19-13-14-20-43(40)67(60,61)62)53-47-31(4)48(33(6)49(32(47)5)68(63,64)65)57-51(59)55-35-17-11-8-12-18-35/h7-27,52H,1-6H3,(H2,54,56,58)(H2,55,57,59)(H,60,61,62)(H,63,64,65)/b53-37+. The van der Waals surface area contributed by atoms with Crippen LogP contribution in [0.4, 0.5) is 49.4 Å². The van der Waals surface area contributed by atoms with Crippen LogP contribution in [0.5, 0.6) is 0 Å². The van der Waals surface area contributed by atoms with Crippen LogP contribution in [0, 0.1) is 41.5 Å². The lowest BCUT2D eigenvalue weighted by Gasteiger charge is -2.21. The zero-order valence-corrected chi connectivity index (χ0v) is 39.3. The van der Waals surface area contributed by atoms with Gasteiger partial charge in [0.2, 0.25) is 0 Å². The van der Waals surface area contributed by atoms with Crippen molar-refractivity contribution in [1.82, 2.24) is 0 Å². The lowest BCUT2D eigenvalue weighted by Crippen LogP contribution is -2.21. The van der Waals surface area contributed by atoms with Gasteiger partial charge in [-0.25, -0.2) is 14.6 Å². The molecule has 8 rings (SSSR count). The normalized spacial score (nSPS) is 12.0. The largest absolute Gasteiger partial charge is 0.456 e. The molecule has 7 N–H and O–H groups in total. The molecule has 1 aliphatic carbocycles. The van der Waals surface area contributed by atoms with Crippen LogP contribution in [0.15, 0.2) is 147 Å². The molecule has 0 saturated carbocycles. The minimum atomic E-state index is -4.83. The second-order valence-corrected chi connectivity index (χ2v) is 19.0. The Bertz CT molecular complexity index is 3600. The Kier molecular flexibility index (Phi) is 12.7. The van der Waals surface area contributed by atoms with Gasteiger partial charge in [0, 0.05) is 57.0 Å². The van der Waals surface area contributed by atoms with E-state index in [-0.39, 0.29) is 44.1 Å². The van der Waals surface area contributed by atoms with Gasteiger partial charge in [-0.1, -0.05) is 60.7 Å². The van der Waals surface area contributed by atoms with Gasteiger partial charge in [0.15, 0.2) is 0 Å². The highest BCUT2D eigenvalue weighted by Crippen LogP contribution is 2.44. The Hall–Kier alpha value is -7.83. The predicted molar refractivity (Wildman–Crippen MR) is 266 cm³/mol. The number of fused-ring (bicyclic) bond motifs is 2. The third kappa shape index (κ3) is 9.54. The average Bonchev–Trinajstić information content (AvgIpc) is 3.28. The number of nitrogens with zero attached hydrogens (tertiary/aromatic N) is 1. The van der Waals surface area contributed by atoms with Crippen LogP contribution in [0.1, 0.15) is 33.4 Å². The third-order valence-electron chi connectivity index (χ3n) is 11.6. The van der Waals surface area contributed by atoms with Gasteiger partial charge in [-0.2, -0.15) is 16.8 Å². The van der Waals surface area contributed by atoms with Crippen LogP contribution in [0.3, 0.4) is 0 Å². The van der Waals surface area contributed by atoms with E-state index in [9.17, 15) is 35.5 Å². The van der Waals surface area contributed by atoms with Gasteiger partial charge < -0.3 is 31.0 Å². The first-order valence-electron chi connectivity index (χ1n) is 21.2. The molecule has 0 atom stereocenters. The number of nitrogens with one attached hydrogen (secondary N) is 5. The minimum Gasteiger partial charge on any atom is -0.456 e. The van der Waals surface area contributed by atoms with Crippen LogP contribution in [-0.4, -0.2) is 38.0 Å². The number of aryl methyl sites for hydroxylation is 2. The van der Waals surface area contributed by atoms with E-state index >= 15 is 0 Å². The van der Waals surface area contributed by atoms with Crippen LogP contribution in [0.25, 0.3) is 33.4 Å². The maximum Gasteiger partial charge on any atom is 0.323 e. The fourth-order valence-corrected chi connectivity index (χ4v) is 10.2. The first-order valence-corrected chi connectivity index (χ1v) is 24.0. The Morgan fingerprint density at radius 2 is 1.12 bits per heavy atom. The number of rotatable bonds is 10. The highest BCUT2D eigenvalue weighted by molar-refractivity contribution is 7.86. The second kappa shape index (κ2) is 18.5. The van der Waals surface area contributed by atoms with Crippen LogP contribution < -0.4 is 31.9 Å². The fraction of sp³-hybridized carbons (Fsp3) is 0.118. The van der Waals surface area contributed by atoms with Crippen LogP contribution in [0.2, 0.25) is 0 Å². The van der Waals surface area contributed by atoms with Crippen molar-refractivity contribution in [2.45, 2.75) is 51.3 Å². The smallest absolute Gasteiger partial charge is 0.323 e. The molecule has 346 valence electrons. The molecule has 0 aromatic heterocycles. The molecule has 0 saturated heterocycles. The van der Waals surface area contributed by atoms with Gasteiger partial charge in [-0.05, 0) is 130 Å². The quantitative estimate of drug-likeness (QED) is 0.0506. The molecule has 0 radical (unpaired) electrons. The SMILES string of the molecule is Cc1cc(C)c(Nc2ccc3c(-c4ccccc4S(=O)(=O)O)c4cc/c(=N\c5c(C)c(NC(=O)Nc6ccccc6)c(C)c(S(=O)(=O)O)c5C)cc-4oc3c2)c(C)c1NC(=O)Nc1ccccc1. The molecule has 0 bridgehead atoms. The molecule has 1 aliphatic heterocycles. The summed E-state index contributed by atoms with van der Waals surface area (Å²) >= 11 is 0. The van der Waals surface area contributed by atoms with Crippen molar-refractivity contribution in [3.8, 4) is 22.5 Å². The van der Waals surface area contributed by atoms with E-state index in [1.54, 1.807) is 91.9 Å². The van der Waals surface area contributed by atoms with Crippen molar-refractivity contribution < 1.29 is 39.9 Å². The summed E-state index contributed by atoms with van der Waals surface area (Å²) in [5, 5.41) is 15.6. The summed E-state index contributed by atoms with van der Waals surface area (Å²) < 4.78 is 78.9. The summed E-state index contributed by atoms with van der Waals surface area (Å²) in [6, 6.07) is 34.9. The van der Waals surface area contributed by atoms with Crippen molar-refractivity contribution in [2.24, 2.45) is 4.99 Å². The van der Waals surface area contributed by atoms with Crippen molar-refractivity contribution in [3.63, 3.8) is 0 Å². The molecule has 1 heterocycles. The number of carbonyl (C=O) groups excluding carboxylic acids is 2. The van der Waals surface area contributed by atoms with E-state index in [4.69, 9.17) is 9.41 Å². The molecule has 15 nitrogen and oxygen atoms in total. The molecule has 2 aliphatic rings. The number of urea groups is 2. The second-order valence-electron chi connectivity index (χ2n) is 16.3. The lowest BCUT2D eigenvalue weighted by molar-refractivity contribution is 0.261. The minimum absolute atomic E-state index is 0.105. The molecule has 17 heteroatoms. The number of hydrogen-bond acceptors (Lipinski definition) is 9. The van der Waals surface area contributed by atoms with E-state index in [2.05, 4.69) is 26.6 Å². The molecule has 6 aromatic carbocycles. The third-order valence-corrected chi connectivity index (χ3v) is 13.6. The highest BCUT2D eigenvalue weighted by atomic mass is 32.2. The van der Waals surface area contributed by atoms with Crippen molar-refractivity contribution >= 4 is 83.1 Å². The summed E-state index contributed by atoms with van der Waals surface area (Å²) in [6.45, 7) is 10.4. The van der Waals surface area contributed by atoms with E-state index in [0.29, 0.717) is 50.4 Å². The monoisotopic (exact) mass is 950 g/mol. The Morgan fingerprint density at radius 1 is 0.529 bits per heavy atom. The first kappa shape index (κ1) is 46.7. The zero-order chi connectivity index (χ0) is 48.7. The topological polar surface area (TPSA) is 229 Å². The van der Waals surface area contributed by atoms with Crippen LogP contribution >= 0.6 is 0 Å². The van der Waals surface area contributed by atoms with E-state index in [1.807, 2.05) is 51.1 Å². The van der Waals surface area contributed by atoms with Crippen molar-refractivity contribution in [1.29, 1.82) is 0 Å². The summed E-state index contributed by atoms with van der Waals surface area (Å²) in [7, 11) is -9.55. The van der Waals surface area contributed by atoms with E-state index in [0.717, 1.165) is 22.4 Å². The van der Waals surface area contributed by atoms with Crippen LogP contribution in [-0.2, 0) is 20.2 Å². The highest BCUT2D eigenvalue weighted by Gasteiger charge is 2.27. The summed E-state index contributed by atoms with van der Waals surface area (Å²) in [5.74, 6) is 0.243. The average molecular weight is 951 g/mol. The molecule has 0 unspecified atom stereocenters. The zero-order valence-electron chi connectivity index (χ0n) is 37.6. The molecule has 0 fully saturated rings. The number of anilines is 6. The molecule has 0 spiro atoms. The van der Waals surface area contributed by atoms with E-state index in [1.165, 1.54) is 26.0 Å². The maximum atomic E-state index is 13.2. The van der Waals surface area contributed by atoms with Gasteiger partial charge in [-0.15, -0.1) is 0 Å². The lowest BCUT2D eigenvalue weighted by atomic mass is 9.93. The van der Waals surface area contributed by atoms with Gasteiger partial charge in [0.25, 0.3) is 20.2 Å². The summed E-state index contributed by atoms with van der Waals surface area (Å²) in [5.41, 5.74) is 7.88. The molecule has 68 heavy (non-hydrogen) atoms. The summed E-state index contributed by atoms with van der Waals surface area (Å²) in [4.78, 5) is 30.4. The maximum absolute atomic E-state index is 13.2. The molecular formula is C51H46N6O9S2. The van der Waals surface area contributed by atoms with Gasteiger partial charge >= 0.3 is 12.1 Å². The molecule has 6 aromatic rings. The number of benzene rings is 7.